The van der Waals surface area contributed by atoms with Crippen LogP contribution in [0, 0.1) is 23.7 Å². The summed E-state index contributed by atoms with van der Waals surface area (Å²) in [5.41, 5.74) is 0. The first kappa shape index (κ1) is 12.5. The van der Waals surface area contributed by atoms with Crippen molar-refractivity contribution in [3.05, 3.63) is 0 Å². The van der Waals surface area contributed by atoms with E-state index < -0.39 is 0 Å². The van der Waals surface area contributed by atoms with Gasteiger partial charge in [-0.2, -0.15) is 0 Å². The fraction of sp³-hybridized carbons (Fsp3) is 0.923. The molecular weight excluding hydrogens is 186 g/mol. The lowest BCUT2D eigenvalue weighted by Gasteiger charge is -2.22. The molecule has 88 valence electrons. The number of nitrogens with zero attached hydrogens (tertiary/aromatic N) is 1. The molecule has 2 heteroatoms. The van der Waals surface area contributed by atoms with Gasteiger partial charge in [-0.3, -0.25) is 4.79 Å². The largest absolute Gasteiger partial charge is 0.340 e. The maximum Gasteiger partial charge on any atom is 0.226 e. The Balaban J connectivity index is 2.87. The third-order valence-corrected chi connectivity index (χ3v) is 3.63. The number of hydrogen-bond acceptors (Lipinski definition) is 1. The summed E-state index contributed by atoms with van der Waals surface area (Å²) in [6.07, 6.45) is 0. The molecule has 2 nitrogen and oxygen atoms in total. The van der Waals surface area contributed by atoms with Crippen LogP contribution in [-0.4, -0.2) is 23.4 Å². The summed E-state index contributed by atoms with van der Waals surface area (Å²) in [7, 11) is 0. The maximum absolute atomic E-state index is 12.2. The summed E-state index contributed by atoms with van der Waals surface area (Å²) < 4.78 is 0. The second-order valence-corrected chi connectivity index (χ2v) is 5.76. The van der Waals surface area contributed by atoms with Crippen molar-refractivity contribution in [2.24, 2.45) is 23.7 Å². The third kappa shape index (κ3) is 2.35. The van der Waals surface area contributed by atoms with Crippen molar-refractivity contribution >= 4 is 5.91 Å². The first-order valence-electron chi connectivity index (χ1n) is 6.16. The van der Waals surface area contributed by atoms with Crippen molar-refractivity contribution in [2.75, 3.05) is 6.54 Å². The topological polar surface area (TPSA) is 20.3 Å². The Bertz CT molecular complexity index is 233. The van der Waals surface area contributed by atoms with Crippen LogP contribution in [0.2, 0.25) is 0 Å². The molecule has 0 aromatic heterocycles. The van der Waals surface area contributed by atoms with Crippen LogP contribution >= 0.6 is 0 Å². The van der Waals surface area contributed by atoms with Gasteiger partial charge in [-0.1, -0.05) is 27.7 Å². The highest BCUT2D eigenvalue weighted by molar-refractivity contribution is 5.82. The summed E-state index contributed by atoms with van der Waals surface area (Å²) in [6, 6.07) is 0.350. The van der Waals surface area contributed by atoms with E-state index in [2.05, 4.69) is 46.4 Å². The summed E-state index contributed by atoms with van der Waals surface area (Å²) >= 11 is 0. The van der Waals surface area contributed by atoms with Gasteiger partial charge in [0.05, 0.1) is 0 Å². The Labute approximate surface area is 94.0 Å². The molecule has 0 bridgehead atoms. The molecule has 1 saturated heterocycles. The van der Waals surface area contributed by atoms with Gasteiger partial charge in [-0.15, -0.1) is 0 Å². The average molecular weight is 211 g/mol. The third-order valence-electron chi connectivity index (χ3n) is 3.63. The fourth-order valence-corrected chi connectivity index (χ4v) is 2.68. The van der Waals surface area contributed by atoms with E-state index in [-0.39, 0.29) is 5.92 Å². The zero-order valence-corrected chi connectivity index (χ0v) is 10.9. The molecule has 0 aromatic rings. The van der Waals surface area contributed by atoms with Crippen molar-refractivity contribution in [3.8, 4) is 0 Å². The zero-order valence-electron chi connectivity index (χ0n) is 10.9. The molecule has 0 spiro atoms. The number of hydrogen-bond donors (Lipinski definition) is 0. The number of amides is 1. The van der Waals surface area contributed by atoms with E-state index in [0.29, 0.717) is 29.7 Å². The van der Waals surface area contributed by atoms with Crippen molar-refractivity contribution < 1.29 is 4.79 Å². The normalized spacial score (nSPS) is 27.5. The zero-order chi connectivity index (χ0) is 11.7. The molecule has 1 fully saturated rings. The van der Waals surface area contributed by atoms with Crippen molar-refractivity contribution in [1.82, 2.24) is 4.90 Å². The van der Waals surface area contributed by atoms with Gasteiger partial charge in [0, 0.05) is 18.5 Å². The lowest BCUT2D eigenvalue weighted by Crippen LogP contribution is -2.34. The van der Waals surface area contributed by atoms with E-state index in [4.69, 9.17) is 0 Å². The SMILES string of the molecule is CC(C)C1CN(C(C)C)C(=O)C1C(C)C. The molecule has 15 heavy (non-hydrogen) atoms. The predicted octanol–water partition coefficient (Wildman–Crippen LogP) is 2.78. The summed E-state index contributed by atoms with van der Waals surface area (Å²) in [5, 5.41) is 0. The highest BCUT2D eigenvalue weighted by atomic mass is 16.2. The molecule has 0 aliphatic carbocycles. The molecule has 1 aliphatic heterocycles. The Morgan fingerprint density at radius 1 is 1.07 bits per heavy atom. The number of carbonyl (C=O) groups is 1. The van der Waals surface area contributed by atoms with Gasteiger partial charge in [0.25, 0.3) is 0 Å². The standard InChI is InChI=1S/C13H25NO/c1-8(2)11-7-14(10(5)6)13(15)12(11)9(3)4/h8-12H,7H2,1-6H3. The van der Waals surface area contributed by atoms with Crippen LogP contribution in [0.4, 0.5) is 0 Å². The van der Waals surface area contributed by atoms with Crippen LogP contribution in [0.5, 0.6) is 0 Å². The molecule has 1 aliphatic rings. The first-order valence-corrected chi connectivity index (χ1v) is 6.16. The summed E-state index contributed by atoms with van der Waals surface area (Å²) in [5.74, 6) is 2.23. The Morgan fingerprint density at radius 3 is 1.87 bits per heavy atom. The molecule has 1 heterocycles. The fourth-order valence-electron chi connectivity index (χ4n) is 2.68. The summed E-state index contributed by atoms with van der Waals surface area (Å²) in [6.45, 7) is 14.0. The second-order valence-electron chi connectivity index (χ2n) is 5.76. The van der Waals surface area contributed by atoms with Gasteiger partial charge in [-0.25, -0.2) is 0 Å². The van der Waals surface area contributed by atoms with Crippen molar-refractivity contribution in [2.45, 2.75) is 47.6 Å². The van der Waals surface area contributed by atoms with E-state index in [0.717, 1.165) is 6.54 Å². The van der Waals surface area contributed by atoms with Gasteiger partial charge in [0.15, 0.2) is 0 Å². The van der Waals surface area contributed by atoms with E-state index in [1.165, 1.54) is 0 Å². The lowest BCUT2D eigenvalue weighted by atomic mass is 9.79. The van der Waals surface area contributed by atoms with Gasteiger partial charge in [0.2, 0.25) is 5.91 Å². The van der Waals surface area contributed by atoms with Crippen LogP contribution in [0.15, 0.2) is 0 Å². The minimum Gasteiger partial charge on any atom is -0.340 e. The smallest absolute Gasteiger partial charge is 0.226 e. The van der Waals surface area contributed by atoms with Gasteiger partial charge in [-0.05, 0) is 31.6 Å². The molecule has 0 radical (unpaired) electrons. The molecule has 1 rings (SSSR count). The van der Waals surface area contributed by atoms with E-state index in [9.17, 15) is 4.79 Å². The van der Waals surface area contributed by atoms with Crippen LogP contribution in [-0.2, 0) is 4.79 Å². The highest BCUT2D eigenvalue weighted by Crippen LogP contribution is 2.36. The molecule has 1 amide bonds. The number of rotatable bonds is 3. The minimum absolute atomic E-state index is 0.243. The number of likely N-dealkylation sites (tertiary alicyclic amines) is 1. The van der Waals surface area contributed by atoms with Crippen LogP contribution in [0.25, 0.3) is 0 Å². The Kier molecular flexibility index (Phi) is 3.80. The van der Waals surface area contributed by atoms with Gasteiger partial charge in [0.1, 0.15) is 0 Å². The maximum atomic E-state index is 12.2. The Hall–Kier alpha value is -0.530. The van der Waals surface area contributed by atoms with Crippen LogP contribution in [0.1, 0.15) is 41.5 Å². The highest BCUT2D eigenvalue weighted by Gasteiger charge is 2.43. The predicted molar refractivity (Wildman–Crippen MR) is 63.5 cm³/mol. The van der Waals surface area contributed by atoms with Gasteiger partial charge < -0.3 is 4.90 Å². The average Bonchev–Trinajstić information content (AvgIpc) is 2.42. The molecule has 0 N–H and O–H groups in total. The van der Waals surface area contributed by atoms with Crippen LogP contribution < -0.4 is 0 Å². The molecule has 0 saturated carbocycles. The molecule has 2 atom stereocenters. The van der Waals surface area contributed by atoms with E-state index in [1.54, 1.807) is 0 Å². The van der Waals surface area contributed by atoms with E-state index in [1.807, 2.05) is 0 Å². The first-order chi connectivity index (χ1) is 6.86. The van der Waals surface area contributed by atoms with Crippen LogP contribution in [0.3, 0.4) is 0 Å². The number of carbonyl (C=O) groups excluding carboxylic acids is 1. The lowest BCUT2D eigenvalue weighted by molar-refractivity contribution is -0.133. The molecule has 0 aromatic carbocycles. The van der Waals surface area contributed by atoms with E-state index >= 15 is 0 Å². The van der Waals surface area contributed by atoms with Crippen molar-refractivity contribution in [1.29, 1.82) is 0 Å². The quantitative estimate of drug-likeness (QED) is 0.703. The van der Waals surface area contributed by atoms with Crippen molar-refractivity contribution in [3.63, 3.8) is 0 Å². The second kappa shape index (κ2) is 4.54. The molecular formula is C13H25NO. The monoisotopic (exact) mass is 211 g/mol. The van der Waals surface area contributed by atoms with Gasteiger partial charge >= 0.3 is 0 Å². The summed E-state index contributed by atoms with van der Waals surface area (Å²) in [4.78, 5) is 14.3. The Morgan fingerprint density at radius 2 is 1.60 bits per heavy atom. The minimum atomic E-state index is 0.243. The molecule has 2 unspecified atom stereocenters.